The molecule has 3 nitrogen and oxygen atoms in total. The van der Waals surface area contributed by atoms with Crippen LogP contribution in [0.3, 0.4) is 0 Å². The molecule has 1 aromatic rings. The number of carbonyl (C=O) groups is 1. The zero-order valence-electron chi connectivity index (χ0n) is 7.71. The number of carbonyl (C=O) groups excluding carboxylic acids is 1. The van der Waals surface area contributed by atoms with Gasteiger partial charge in [-0.05, 0) is 31.0 Å². The number of urea groups is 1. The Kier molecular flexibility index (Phi) is 4.62. The zero-order valence-corrected chi connectivity index (χ0v) is 9.28. The molecule has 0 aliphatic carbocycles. The first-order chi connectivity index (χ1) is 6.74. The number of rotatable bonds is 3. The Labute approximate surface area is 92.3 Å². The summed E-state index contributed by atoms with van der Waals surface area (Å²) >= 11 is 7.09. The van der Waals surface area contributed by atoms with Crippen LogP contribution in [0.2, 0.25) is 5.02 Å². The Morgan fingerprint density at radius 2 is 2.21 bits per heavy atom. The number of benzene rings is 1. The van der Waals surface area contributed by atoms with Crippen LogP contribution in [0.25, 0.3) is 0 Å². The smallest absolute Gasteiger partial charge is 0.325 e. The molecule has 0 bridgehead atoms. The van der Waals surface area contributed by atoms with Crippen molar-refractivity contribution in [1.29, 1.82) is 0 Å². The van der Waals surface area contributed by atoms with Crippen molar-refractivity contribution >= 4 is 29.6 Å². The van der Waals surface area contributed by atoms with E-state index in [1.807, 2.05) is 25.1 Å². The van der Waals surface area contributed by atoms with Crippen LogP contribution in [-0.4, -0.2) is 12.6 Å². The minimum absolute atomic E-state index is 0.211. The normalized spacial score (nSPS) is 9.57. The van der Waals surface area contributed by atoms with Crippen molar-refractivity contribution in [2.24, 2.45) is 0 Å². The van der Waals surface area contributed by atoms with Gasteiger partial charge in [-0.3, -0.25) is 4.72 Å². The van der Waals surface area contributed by atoms with E-state index in [1.54, 1.807) is 6.07 Å². The summed E-state index contributed by atoms with van der Waals surface area (Å²) in [5.74, 6) is 0. The van der Waals surface area contributed by atoms with E-state index in [1.165, 1.54) is 11.9 Å². The summed E-state index contributed by atoms with van der Waals surface area (Å²) in [5.41, 5.74) is 0. The third-order valence-corrected chi connectivity index (χ3v) is 2.73. The molecule has 0 heterocycles. The fourth-order valence-electron chi connectivity index (χ4n) is 0.825. The lowest BCUT2D eigenvalue weighted by atomic mass is 10.4. The van der Waals surface area contributed by atoms with Crippen molar-refractivity contribution in [3.05, 3.63) is 29.3 Å². The SMILES string of the molecule is CCNC(=O)NSc1ccccc1Cl. The molecular weight excluding hydrogens is 220 g/mol. The summed E-state index contributed by atoms with van der Waals surface area (Å²) in [6.07, 6.45) is 0. The molecule has 1 aromatic carbocycles. The highest BCUT2D eigenvalue weighted by molar-refractivity contribution is 7.98. The van der Waals surface area contributed by atoms with E-state index < -0.39 is 0 Å². The standard InChI is InChI=1S/C9H11ClN2OS/c1-2-11-9(13)12-14-8-6-4-3-5-7(8)10/h3-6H,2H2,1H3,(H2,11,12,13). The summed E-state index contributed by atoms with van der Waals surface area (Å²) in [6.45, 7) is 2.47. The molecule has 14 heavy (non-hydrogen) atoms. The topological polar surface area (TPSA) is 41.1 Å². The lowest BCUT2D eigenvalue weighted by Crippen LogP contribution is -2.30. The van der Waals surface area contributed by atoms with E-state index in [-0.39, 0.29) is 6.03 Å². The first-order valence-corrected chi connectivity index (χ1v) is 5.38. The number of hydrogen-bond acceptors (Lipinski definition) is 2. The monoisotopic (exact) mass is 230 g/mol. The maximum atomic E-state index is 11.0. The number of halogens is 1. The highest BCUT2D eigenvalue weighted by Gasteiger charge is 2.02. The van der Waals surface area contributed by atoms with Crippen molar-refractivity contribution < 1.29 is 4.79 Å². The molecule has 0 fully saturated rings. The number of amides is 2. The summed E-state index contributed by atoms with van der Waals surface area (Å²) in [7, 11) is 0. The first-order valence-electron chi connectivity index (χ1n) is 4.19. The van der Waals surface area contributed by atoms with Crippen molar-refractivity contribution in [2.45, 2.75) is 11.8 Å². The highest BCUT2D eigenvalue weighted by Crippen LogP contribution is 2.23. The molecule has 0 aromatic heterocycles. The number of nitrogens with one attached hydrogen (secondary N) is 2. The van der Waals surface area contributed by atoms with Crippen LogP contribution in [0.15, 0.2) is 29.2 Å². The second-order valence-electron chi connectivity index (χ2n) is 2.49. The average molecular weight is 231 g/mol. The lowest BCUT2D eigenvalue weighted by Gasteiger charge is -2.05. The number of hydrogen-bond donors (Lipinski definition) is 2. The second kappa shape index (κ2) is 5.78. The van der Waals surface area contributed by atoms with Gasteiger partial charge in [0.2, 0.25) is 0 Å². The molecule has 0 saturated carbocycles. The molecule has 2 N–H and O–H groups in total. The van der Waals surface area contributed by atoms with Gasteiger partial charge >= 0.3 is 6.03 Å². The second-order valence-corrected chi connectivity index (χ2v) is 3.75. The third kappa shape index (κ3) is 3.47. The predicted molar refractivity (Wildman–Crippen MR) is 59.5 cm³/mol. The molecule has 76 valence electrons. The van der Waals surface area contributed by atoms with Gasteiger partial charge in [-0.2, -0.15) is 0 Å². The largest absolute Gasteiger partial charge is 0.338 e. The third-order valence-electron chi connectivity index (χ3n) is 1.43. The summed E-state index contributed by atoms with van der Waals surface area (Å²) < 4.78 is 2.62. The van der Waals surface area contributed by atoms with Gasteiger partial charge < -0.3 is 5.32 Å². The van der Waals surface area contributed by atoms with Gasteiger partial charge in [-0.15, -0.1) is 0 Å². The van der Waals surface area contributed by atoms with E-state index in [4.69, 9.17) is 11.6 Å². The van der Waals surface area contributed by atoms with Gasteiger partial charge in [0.15, 0.2) is 0 Å². The lowest BCUT2D eigenvalue weighted by molar-refractivity contribution is 0.247. The van der Waals surface area contributed by atoms with E-state index in [0.29, 0.717) is 11.6 Å². The van der Waals surface area contributed by atoms with Gasteiger partial charge in [0.05, 0.1) is 5.02 Å². The Balaban J connectivity index is 2.46. The van der Waals surface area contributed by atoms with E-state index in [2.05, 4.69) is 10.0 Å². The molecule has 1 rings (SSSR count). The van der Waals surface area contributed by atoms with Crippen LogP contribution < -0.4 is 10.0 Å². The van der Waals surface area contributed by atoms with Crippen LogP contribution in [0.1, 0.15) is 6.92 Å². The van der Waals surface area contributed by atoms with Crippen molar-refractivity contribution in [2.75, 3.05) is 6.54 Å². The van der Waals surface area contributed by atoms with Crippen LogP contribution in [-0.2, 0) is 0 Å². The molecule has 0 saturated heterocycles. The Morgan fingerprint density at radius 3 is 2.86 bits per heavy atom. The maximum absolute atomic E-state index is 11.0. The van der Waals surface area contributed by atoms with Crippen LogP contribution in [0.4, 0.5) is 4.79 Å². The molecule has 0 aliphatic heterocycles. The van der Waals surface area contributed by atoms with Crippen LogP contribution in [0.5, 0.6) is 0 Å². The predicted octanol–water partition coefficient (Wildman–Crippen LogP) is 2.67. The van der Waals surface area contributed by atoms with Gasteiger partial charge in [0.1, 0.15) is 0 Å². The summed E-state index contributed by atoms with van der Waals surface area (Å²) in [4.78, 5) is 11.9. The van der Waals surface area contributed by atoms with Crippen LogP contribution >= 0.6 is 23.5 Å². The first kappa shape index (κ1) is 11.2. The van der Waals surface area contributed by atoms with Gasteiger partial charge in [-0.25, -0.2) is 4.79 Å². The van der Waals surface area contributed by atoms with E-state index >= 15 is 0 Å². The van der Waals surface area contributed by atoms with Gasteiger partial charge in [0, 0.05) is 11.4 Å². The molecule has 5 heteroatoms. The zero-order chi connectivity index (χ0) is 10.4. The average Bonchev–Trinajstić information content (AvgIpc) is 2.17. The van der Waals surface area contributed by atoms with Crippen molar-refractivity contribution in [1.82, 2.24) is 10.0 Å². The molecule has 0 atom stereocenters. The molecular formula is C9H11ClN2OS. The molecule has 0 unspecified atom stereocenters. The molecule has 0 radical (unpaired) electrons. The van der Waals surface area contributed by atoms with Gasteiger partial charge in [-0.1, -0.05) is 23.7 Å². The van der Waals surface area contributed by atoms with Gasteiger partial charge in [0.25, 0.3) is 0 Å². The summed E-state index contributed by atoms with van der Waals surface area (Å²) in [6, 6.07) is 7.13. The minimum atomic E-state index is -0.211. The van der Waals surface area contributed by atoms with E-state index in [0.717, 1.165) is 4.90 Å². The molecule has 2 amide bonds. The maximum Gasteiger partial charge on any atom is 0.325 e. The summed E-state index contributed by atoms with van der Waals surface area (Å²) in [5, 5.41) is 3.25. The van der Waals surface area contributed by atoms with E-state index in [9.17, 15) is 4.79 Å². The van der Waals surface area contributed by atoms with Crippen molar-refractivity contribution in [3.8, 4) is 0 Å². The Hall–Kier alpha value is -0.870. The fraction of sp³-hybridized carbons (Fsp3) is 0.222. The van der Waals surface area contributed by atoms with Crippen molar-refractivity contribution in [3.63, 3.8) is 0 Å². The molecule has 0 spiro atoms. The van der Waals surface area contributed by atoms with Crippen LogP contribution in [0, 0.1) is 0 Å². The minimum Gasteiger partial charge on any atom is -0.338 e. The molecule has 0 aliphatic rings. The highest BCUT2D eigenvalue weighted by atomic mass is 35.5. The fourth-order valence-corrected chi connectivity index (χ4v) is 1.66. The Morgan fingerprint density at radius 1 is 1.50 bits per heavy atom. The Bertz CT molecular complexity index is 319. The quantitative estimate of drug-likeness (QED) is 0.784.